The van der Waals surface area contributed by atoms with Crippen molar-refractivity contribution in [3.63, 3.8) is 0 Å². The maximum Gasteiger partial charge on any atom is 0.279 e. The van der Waals surface area contributed by atoms with Gasteiger partial charge in [0.25, 0.3) is 11.8 Å². The van der Waals surface area contributed by atoms with Gasteiger partial charge in [0.2, 0.25) is 0 Å². The number of benzene rings is 2. The lowest BCUT2D eigenvalue weighted by atomic mass is 9.96. The highest BCUT2D eigenvalue weighted by atomic mass is 35.5. The largest absolute Gasteiger partial charge is 0.351 e. The molecular formula is C21H27ClN3O2+. The quantitative estimate of drug-likeness (QED) is 0.616. The average Bonchev–Trinajstić information content (AvgIpc) is 2.64. The van der Waals surface area contributed by atoms with Gasteiger partial charge in [-0.05, 0) is 36.2 Å². The lowest BCUT2D eigenvalue weighted by molar-refractivity contribution is -0.862. The van der Waals surface area contributed by atoms with Gasteiger partial charge in [0.15, 0.2) is 13.1 Å². The van der Waals surface area contributed by atoms with Crippen molar-refractivity contribution in [1.82, 2.24) is 5.32 Å². The number of carbonyl (C=O) groups excluding carboxylic acids is 2. The Morgan fingerprint density at radius 3 is 2.26 bits per heavy atom. The van der Waals surface area contributed by atoms with E-state index in [1.165, 1.54) is 5.56 Å². The molecule has 1 unspecified atom stereocenters. The Morgan fingerprint density at radius 2 is 1.63 bits per heavy atom. The van der Waals surface area contributed by atoms with E-state index in [2.05, 4.69) is 29.7 Å². The first-order valence-corrected chi connectivity index (χ1v) is 9.54. The Hall–Kier alpha value is -2.37. The molecule has 0 fully saturated rings. The van der Waals surface area contributed by atoms with Gasteiger partial charge in [0.05, 0.1) is 7.05 Å². The van der Waals surface area contributed by atoms with Crippen molar-refractivity contribution in [2.75, 3.05) is 32.0 Å². The third kappa shape index (κ3) is 7.41. The van der Waals surface area contributed by atoms with Gasteiger partial charge < -0.3 is 15.5 Å². The molecule has 0 aliphatic heterocycles. The van der Waals surface area contributed by atoms with Gasteiger partial charge in [-0.25, -0.2) is 0 Å². The fourth-order valence-electron chi connectivity index (χ4n) is 2.87. The minimum atomic E-state index is -0.140. The van der Waals surface area contributed by atoms with Crippen LogP contribution in [-0.4, -0.2) is 38.5 Å². The van der Waals surface area contributed by atoms with Gasteiger partial charge in [-0.3, -0.25) is 9.59 Å². The van der Waals surface area contributed by atoms with E-state index in [0.29, 0.717) is 23.2 Å². The van der Waals surface area contributed by atoms with Crippen molar-refractivity contribution in [3.8, 4) is 0 Å². The standard InChI is InChI=1S/C21H26ClN3O2/c1-3-16(17-7-5-4-6-8-17)13-23-20(26)14-25(2)15-21(27)24-19-11-9-18(22)10-12-19/h4-12,16H,3,13-15H2,1-2H3,(H,23,26)(H,24,27)/p+1/t16-/m1/s1. The third-order valence-corrected chi connectivity index (χ3v) is 4.61. The molecule has 2 aromatic rings. The highest BCUT2D eigenvalue weighted by Crippen LogP contribution is 2.17. The zero-order valence-electron chi connectivity index (χ0n) is 15.8. The van der Waals surface area contributed by atoms with E-state index < -0.39 is 0 Å². The van der Waals surface area contributed by atoms with Gasteiger partial charge in [-0.1, -0.05) is 48.9 Å². The van der Waals surface area contributed by atoms with Crippen molar-refractivity contribution in [1.29, 1.82) is 0 Å². The summed E-state index contributed by atoms with van der Waals surface area (Å²) in [6.07, 6.45) is 0.955. The summed E-state index contributed by atoms with van der Waals surface area (Å²) in [6, 6.07) is 17.1. The van der Waals surface area contributed by atoms with E-state index in [1.54, 1.807) is 24.3 Å². The van der Waals surface area contributed by atoms with E-state index in [1.807, 2.05) is 25.2 Å². The van der Waals surface area contributed by atoms with Crippen LogP contribution in [0.15, 0.2) is 54.6 Å². The van der Waals surface area contributed by atoms with E-state index in [0.717, 1.165) is 11.3 Å². The number of halogens is 1. The number of amides is 2. The molecule has 0 aromatic heterocycles. The maximum atomic E-state index is 12.2. The number of likely N-dealkylation sites (N-methyl/N-ethyl adjacent to an activating group) is 1. The molecule has 144 valence electrons. The molecule has 2 rings (SSSR count). The first-order valence-electron chi connectivity index (χ1n) is 9.16. The van der Waals surface area contributed by atoms with Crippen LogP contribution in [0.4, 0.5) is 5.69 Å². The lowest BCUT2D eigenvalue weighted by Gasteiger charge is -2.18. The summed E-state index contributed by atoms with van der Waals surface area (Å²) in [5.41, 5.74) is 1.92. The predicted octanol–water partition coefficient (Wildman–Crippen LogP) is 2.10. The van der Waals surface area contributed by atoms with E-state index in [4.69, 9.17) is 11.6 Å². The minimum absolute atomic E-state index is 0.0545. The van der Waals surface area contributed by atoms with Crippen LogP contribution in [0.5, 0.6) is 0 Å². The van der Waals surface area contributed by atoms with Crippen molar-refractivity contribution in [2.45, 2.75) is 19.3 Å². The second-order valence-corrected chi connectivity index (χ2v) is 7.12. The summed E-state index contributed by atoms with van der Waals surface area (Å²) in [6.45, 7) is 3.18. The number of quaternary nitrogens is 1. The van der Waals surface area contributed by atoms with Crippen LogP contribution in [0, 0.1) is 0 Å². The summed E-state index contributed by atoms with van der Waals surface area (Å²) in [4.78, 5) is 25.1. The molecule has 0 saturated heterocycles. The van der Waals surface area contributed by atoms with Crippen LogP contribution in [0.25, 0.3) is 0 Å². The summed E-state index contributed by atoms with van der Waals surface area (Å²) in [5, 5.41) is 6.41. The number of anilines is 1. The fraction of sp³-hybridized carbons (Fsp3) is 0.333. The lowest BCUT2D eigenvalue weighted by Crippen LogP contribution is -3.11. The molecule has 3 N–H and O–H groups in total. The first kappa shape index (κ1) is 20.9. The Labute approximate surface area is 165 Å². The summed E-state index contributed by atoms with van der Waals surface area (Å²) in [7, 11) is 1.83. The fourth-order valence-corrected chi connectivity index (χ4v) is 3.00. The SMILES string of the molecule is CC[C@H](CNC(=O)C[NH+](C)CC(=O)Nc1ccc(Cl)cc1)c1ccccc1. The van der Waals surface area contributed by atoms with Crippen LogP contribution in [0.3, 0.4) is 0 Å². The van der Waals surface area contributed by atoms with Gasteiger partial charge in [-0.15, -0.1) is 0 Å². The monoisotopic (exact) mass is 388 g/mol. The molecule has 0 saturated carbocycles. The van der Waals surface area contributed by atoms with Crippen molar-refractivity contribution >= 4 is 29.1 Å². The molecule has 0 spiro atoms. The Morgan fingerprint density at radius 1 is 1.00 bits per heavy atom. The average molecular weight is 389 g/mol. The molecule has 0 heterocycles. The molecule has 6 heteroatoms. The summed E-state index contributed by atoms with van der Waals surface area (Å²) in [5.74, 6) is 0.100. The molecule has 0 aliphatic carbocycles. The number of carbonyl (C=O) groups is 2. The normalized spacial score (nSPS) is 12.9. The zero-order chi connectivity index (χ0) is 19.6. The molecule has 5 nitrogen and oxygen atoms in total. The molecular weight excluding hydrogens is 362 g/mol. The summed E-state index contributed by atoms with van der Waals surface area (Å²) >= 11 is 5.83. The van der Waals surface area contributed by atoms with Crippen LogP contribution >= 0.6 is 11.6 Å². The second kappa shape index (κ2) is 10.7. The number of hydrogen-bond donors (Lipinski definition) is 3. The summed E-state index contributed by atoms with van der Waals surface area (Å²) < 4.78 is 0. The molecule has 2 amide bonds. The third-order valence-electron chi connectivity index (χ3n) is 4.36. The van der Waals surface area contributed by atoms with Crippen LogP contribution in [-0.2, 0) is 9.59 Å². The van der Waals surface area contributed by atoms with E-state index >= 15 is 0 Å². The molecule has 0 bridgehead atoms. The van der Waals surface area contributed by atoms with Gasteiger partial charge >= 0.3 is 0 Å². The Kier molecular flexibility index (Phi) is 8.30. The number of rotatable bonds is 9. The highest BCUT2D eigenvalue weighted by Gasteiger charge is 2.16. The molecule has 2 aromatic carbocycles. The van der Waals surface area contributed by atoms with Gasteiger partial charge in [0.1, 0.15) is 0 Å². The molecule has 27 heavy (non-hydrogen) atoms. The smallest absolute Gasteiger partial charge is 0.279 e. The number of hydrogen-bond acceptors (Lipinski definition) is 2. The highest BCUT2D eigenvalue weighted by molar-refractivity contribution is 6.30. The van der Waals surface area contributed by atoms with Crippen molar-refractivity contribution < 1.29 is 14.5 Å². The maximum absolute atomic E-state index is 12.2. The Bertz CT molecular complexity index is 735. The number of nitrogens with one attached hydrogen (secondary N) is 3. The predicted molar refractivity (Wildman–Crippen MR) is 109 cm³/mol. The van der Waals surface area contributed by atoms with Crippen LogP contribution < -0.4 is 15.5 Å². The van der Waals surface area contributed by atoms with Crippen molar-refractivity contribution in [2.24, 2.45) is 0 Å². The molecule has 0 aliphatic rings. The van der Waals surface area contributed by atoms with E-state index in [9.17, 15) is 9.59 Å². The van der Waals surface area contributed by atoms with Crippen molar-refractivity contribution in [3.05, 3.63) is 65.2 Å². The minimum Gasteiger partial charge on any atom is -0.351 e. The topological polar surface area (TPSA) is 62.6 Å². The zero-order valence-corrected chi connectivity index (χ0v) is 16.6. The van der Waals surface area contributed by atoms with Gasteiger partial charge in [-0.2, -0.15) is 0 Å². The van der Waals surface area contributed by atoms with Crippen LogP contribution in [0.2, 0.25) is 5.02 Å². The van der Waals surface area contributed by atoms with E-state index in [-0.39, 0.29) is 24.9 Å². The van der Waals surface area contributed by atoms with Gasteiger partial charge in [0, 0.05) is 23.2 Å². The Balaban J connectivity index is 1.74. The molecule has 0 radical (unpaired) electrons. The van der Waals surface area contributed by atoms with Crippen LogP contribution in [0.1, 0.15) is 24.8 Å². The molecule has 2 atom stereocenters. The first-order chi connectivity index (χ1) is 13.0. The second-order valence-electron chi connectivity index (χ2n) is 6.69.